The Bertz CT molecular complexity index is 7570. The van der Waals surface area contributed by atoms with Crippen molar-refractivity contribution in [1.29, 1.82) is 0 Å². The maximum absolute atomic E-state index is 14.1. The number of carboxylic acids is 1. The van der Waals surface area contributed by atoms with Crippen molar-refractivity contribution in [3.63, 3.8) is 0 Å². The van der Waals surface area contributed by atoms with E-state index < -0.39 is 29.4 Å². The van der Waals surface area contributed by atoms with Gasteiger partial charge < -0.3 is 48.7 Å². The van der Waals surface area contributed by atoms with Crippen molar-refractivity contribution in [2.75, 3.05) is 95.7 Å². The van der Waals surface area contributed by atoms with Crippen molar-refractivity contribution in [2.45, 2.75) is 193 Å². The first-order valence-corrected chi connectivity index (χ1v) is 53.9. The van der Waals surface area contributed by atoms with Gasteiger partial charge in [0.1, 0.15) is 28.7 Å². The third-order valence-corrected chi connectivity index (χ3v) is 32.9. The number of carbonyl (C=O) groups excluding carboxylic acids is 9. The lowest BCUT2D eigenvalue weighted by Crippen LogP contribution is -2.49. The number of esters is 1. The number of ether oxygens (including phenoxy) is 3. The average Bonchev–Trinajstić information content (AvgIpc) is 1.60. The Morgan fingerprint density at radius 1 is 0.433 bits per heavy atom. The van der Waals surface area contributed by atoms with E-state index >= 15 is 0 Å². The van der Waals surface area contributed by atoms with Crippen molar-refractivity contribution in [3.8, 4) is 33.8 Å². The van der Waals surface area contributed by atoms with Crippen molar-refractivity contribution < 1.29 is 67.3 Å². The SMILES string of the molecule is Cc1c(OC2CCC(CCC(=O)N3CCN(c4cccc5c(C6CCC(=O)NC6=O)nn(C)c45)CC3)CC2)cccc1-c1ccc(N2CCc3cccc(C(=O)Nc4nc5ccccc5s4)c3C2)nc1C(=O)O.Cc1c(OC2CCC(CCC(=O)N3CCN(c4cccc5c(C6CCC(=O)NC6=O)nn(C)c45)CC3)CC2)cccc1-c1ccc(N2CCc3cccc(C(=O)Nc4nc5ccccc5s4)c3C2)nc1C(=O)OC(C)(C)C. The van der Waals surface area contributed by atoms with Gasteiger partial charge in [0.15, 0.2) is 21.7 Å². The summed E-state index contributed by atoms with van der Waals surface area (Å²) in [6, 6.07) is 58.6. The lowest BCUT2D eigenvalue weighted by atomic mass is 9.84. The number of amides is 8. The Morgan fingerprint density at radius 3 is 1.27 bits per heavy atom. The molecule has 772 valence electrons. The van der Waals surface area contributed by atoms with Crippen LogP contribution < -0.4 is 50.3 Å². The highest BCUT2D eigenvalue weighted by Gasteiger charge is 2.39. The summed E-state index contributed by atoms with van der Waals surface area (Å²) in [5.41, 5.74) is 16.0. The molecule has 14 aromatic rings. The van der Waals surface area contributed by atoms with E-state index in [0.717, 1.165) is 168 Å². The molecule has 2 unspecified atom stereocenters. The van der Waals surface area contributed by atoms with Crippen LogP contribution in [0.5, 0.6) is 11.5 Å². The molecule has 8 aromatic carbocycles. The zero-order chi connectivity index (χ0) is 104. The number of fused-ring (bicyclic) bond motifs is 6. The van der Waals surface area contributed by atoms with Gasteiger partial charge in [-0.25, -0.2) is 29.5 Å². The monoisotopic (exact) mass is 2050 g/mol. The number of piperazine rings is 2. The number of pyridine rings is 2. The lowest BCUT2D eigenvalue weighted by molar-refractivity contribution is -0.135. The molecule has 0 spiro atoms. The van der Waals surface area contributed by atoms with Crippen LogP contribution in [0.15, 0.2) is 182 Å². The van der Waals surface area contributed by atoms with E-state index in [2.05, 4.69) is 64.1 Å². The van der Waals surface area contributed by atoms with Crippen molar-refractivity contribution in [3.05, 3.63) is 249 Å². The Kier molecular flexibility index (Phi) is 28.9. The highest BCUT2D eigenvalue weighted by Crippen LogP contribution is 2.45. The molecule has 150 heavy (non-hydrogen) atoms. The summed E-state index contributed by atoms with van der Waals surface area (Å²) in [4.78, 5) is 162. The highest BCUT2D eigenvalue weighted by molar-refractivity contribution is 7.22. The van der Waals surface area contributed by atoms with Crippen LogP contribution in [0.25, 0.3) is 64.5 Å². The molecule has 0 bridgehead atoms. The molecule has 12 heterocycles. The smallest absolute Gasteiger partial charge is 0.358 e. The summed E-state index contributed by atoms with van der Waals surface area (Å²) in [6.07, 6.45) is 13.0. The van der Waals surface area contributed by atoms with Gasteiger partial charge in [0.2, 0.25) is 35.4 Å². The maximum atomic E-state index is 14.1. The number of rotatable bonds is 24. The highest BCUT2D eigenvalue weighted by atomic mass is 32.1. The summed E-state index contributed by atoms with van der Waals surface area (Å²) in [5.74, 6) is -0.248. The van der Waals surface area contributed by atoms with E-state index in [9.17, 15) is 53.1 Å². The van der Waals surface area contributed by atoms with Gasteiger partial charge in [-0.1, -0.05) is 120 Å². The second-order valence-corrected chi connectivity index (χ2v) is 43.7. The minimum absolute atomic E-state index is 0.00700. The summed E-state index contributed by atoms with van der Waals surface area (Å²) in [6.45, 7) is 16.9. The van der Waals surface area contributed by atoms with Crippen LogP contribution in [0.2, 0.25) is 0 Å². The topological polar surface area (TPSA) is 373 Å². The lowest BCUT2D eigenvalue weighted by Gasteiger charge is -2.37. The zero-order valence-corrected chi connectivity index (χ0v) is 87.0. The number of para-hydroxylation sites is 4. The van der Waals surface area contributed by atoms with E-state index in [1.54, 1.807) is 0 Å². The van der Waals surface area contributed by atoms with Crippen LogP contribution in [0.3, 0.4) is 0 Å². The van der Waals surface area contributed by atoms with E-state index in [-0.39, 0.29) is 70.9 Å². The number of aromatic nitrogens is 8. The van der Waals surface area contributed by atoms with Crippen LogP contribution in [0, 0.1) is 25.7 Å². The Morgan fingerprint density at radius 2 is 0.847 bits per heavy atom. The molecule has 2 atom stereocenters. The van der Waals surface area contributed by atoms with Crippen molar-refractivity contribution in [1.82, 2.24) is 59.9 Å². The first-order chi connectivity index (χ1) is 72.6. The van der Waals surface area contributed by atoms with Gasteiger partial charge in [-0.15, -0.1) is 0 Å². The minimum Gasteiger partial charge on any atom is -0.490 e. The van der Waals surface area contributed by atoms with Crippen LogP contribution in [0.4, 0.5) is 33.3 Å². The zero-order valence-electron chi connectivity index (χ0n) is 85.3. The van der Waals surface area contributed by atoms with Gasteiger partial charge in [0.05, 0.1) is 78.3 Å². The predicted octanol–water partition coefficient (Wildman–Crippen LogP) is 18.6. The molecule has 0 radical (unpaired) electrons. The van der Waals surface area contributed by atoms with E-state index in [1.165, 1.54) is 22.7 Å². The Balaban J connectivity index is 0.000000175. The molecule has 22 rings (SSSR count). The van der Waals surface area contributed by atoms with Crippen molar-refractivity contribution >= 4 is 157 Å². The third kappa shape index (κ3) is 21.4. The van der Waals surface area contributed by atoms with Gasteiger partial charge in [-0.3, -0.25) is 69.0 Å². The standard InChI is InChI=1S/C60H65N9O7S.C56H57N9O7S/c1-36-40(41-24-26-50(62-54(41)58(74)76-60(2,3)4)69-30-29-38-11-8-13-42(45(38)35-69)56(72)64-59-61-46-15-6-7-18-49(46)77-59)12-10-17-48(36)75-39-22-19-37(20-23-39)21-28-52(71)68-33-31-67(32-34-68)47-16-9-14-43-53(65-66(5)55(43)47)44-25-27-51(70)63-57(44)73;1-33-37(38-21-23-47(58-51(38)55(70)71)65-27-26-35-8-5-10-39(42(35)32-65)53(68)60-56-57-43-12-3-4-15-46(43)73-56)9-7-14-45(33)72-36-19-16-34(17-20-36)18-25-49(67)64-30-28-63(29-31-64)44-13-6-11-40-50(61-62(2)52(40)44)41-22-24-48(66)59-54(41)69/h6-18,24,26,37,39,44H,19-23,25,27-35H2,1-5H3,(H,61,64,72)(H,63,70,73);3-15,21,23,34,36,41H,16-20,22,24-32H2,1-2H3,(H,70,71)(H,57,60,68)(H,59,66,69). The number of nitrogens with one attached hydrogen (secondary N) is 4. The fourth-order valence-electron chi connectivity index (χ4n) is 23.0. The van der Waals surface area contributed by atoms with Crippen LogP contribution in [-0.2, 0) is 73.5 Å². The van der Waals surface area contributed by atoms with Crippen molar-refractivity contribution in [2.24, 2.45) is 25.9 Å². The first kappa shape index (κ1) is 101. The molecule has 8 aliphatic rings. The fraction of sp³-hybridized carbons (Fsp3) is 0.379. The Hall–Kier alpha value is -15.3. The predicted molar refractivity (Wildman–Crippen MR) is 579 cm³/mol. The van der Waals surface area contributed by atoms with E-state index in [1.807, 2.05) is 237 Å². The number of thiazole rings is 2. The molecule has 6 aromatic heterocycles. The summed E-state index contributed by atoms with van der Waals surface area (Å²) >= 11 is 2.87. The molecule has 6 aliphatic heterocycles. The number of nitrogens with zero attached hydrogens (tertiary/aromatic N) is 14. The molecule has 34 heteroatoms. The second kappa shape index (κ2) is 43.1. The fourth-order valence-corrected chi connectivity index (χ4v) is 24.7. The first-order valence-electron chi connectivity index (χ1n) is 52.3. The molecule has 32 nitrogen and oxygen atoms in total. The molecule has 8 amide bonds. The number of aromatic carboxylic acids is 1. The minimum atomic E-state index is -1.13. The number of piperidine rings is 2. The second-order valence-electron chi connectivity index (χ2n) is 41.6. The van der Waals surface area contributed by atoms with Gasteiger partial charge in [0.25, 0.3) is 11.8 Å². The van der Waals surface area contributed by atoms with Gasteiger partial charge in [-0.05, 0) is 266 Å². The normalized spacial score (nSPS) is 19.1. The van der Waals surface area contributed by atoms with E-state index in [4.69, 9.17) is 34.4 Å². The average molecular weight is 2060 g/mol. The summed E-state index contributed by atoms with van der Waals surface area (Å²) in [5, 5.41) is 33.9. The molecule has 2 aliphatic carbocycles. The molecule has 2 saturated carbocycles. The molecule has 4 saturated heterocycles. The quantitative estimate of drug-likeness (QED) is 0.0277. The molecule has 6 fully saturated rings. The van der Waals surface area contributed by atoms with E-state index in [0.29, 0.717) is 203 Å². The number of aryl methyl sites for hydroxylation is 2. The third-order valence-electron chi connectivity index (χ3n) is 31.0. The summed E-state index contributed by atoms with van der Waals surface area (Å²) in [7, 11) is 3.78. The number of anilines is 6. The van der Waals surface area contributed by atoms with Gasteiger partial charge in [0, 0.05) is 151 Å². The van der Waals surface area contributed by atoms with Gasteiger partial charge in [-0.2, -0.15) is 10.2 Å². The Labute approximate surface area is 876 Å². The summed E-state index contributed by atoms with van der Waals surface area (Å²) < 4.78 is 25.1. The number of carboxylic acid groups (broad SMARTS) is 1. The molecular weight excluding hydrogens is 1930 g/mol. The van der Waals surface area contributed by atoms with Crippen LogP contribution in [-0.4, -0.2) is 197 Å². The number of benzene rings is 8. The number of hydrogen-bond acceptors (Lipinski definition) is 25. The van der Waals surface area contributed by atoms with Crippen LogP contribution in [0.1, 0.15) is 222 Å². The number of carbonyl (C=O) groups is 10. The molecular formula is C116H122N18O14S2. The number of hydrogen-bond donors (Lipinski definition) is 5. The largest absolute Gasteiger partial charge is 0.490 e. The van der Waals surface area contributed by atoms with Crippen LogP contribution >= 0.6 is 22.7 Å². The maximum Gasteiger partial charge on any atom is 0.358 e. The van der Waals surface area contributed by atoms with Gasteiger partial charge >= 0.3 is 11.9 Å². The number of imide groups is 2. The molecule has 5 N–H and O–H groups in total.